The van der Waals surface area contributed by atoms with Crippen LogP contribution in [0.5, 0.6) is 0 Å². The van der Waals surface area contributed by atoms with Crippen molar-refractivity contribution in [3.63, 3.8) is 0 Å². The second-order valence-corrected chi connectivity index (χ2v) is 6.91. The molecule has 2 aromatic rings. The Morgan fingerprint density at radius 2 is 1.96 bits per heavy atom. The molecule has 0 aliphatic heterocycles. The third kappa shape index (κ3) is 5.98. The van der Waals surface area contributed by atoms with E-state index in [4.69, 9.17) is 0 Å². The van der Waals surface area contributed by atoms with Crippen molar-refractivity contribution in [2.75, 3.05) is 19.6 Å². The number of aliphatic hydroxyl groups is 1. The molecular formula is C19H27N3OS. The van der Waals surface area contributed by atoms with E-state index >= 15 is 0 Å². The van der Waals surface area contributed by atoms with Crippen LogP contribution in [0.2, 0.25) is 0 Å². The summed E-state index contributed by atoms with van der Waals surface area (Å²) in [7, 11) is 0. The average Bonchev–Trinajstić information content (AvgIpc) is 3.13. The van der Waals surface area contributed by atoms with Crippen LogP contribution in [0.1, 0.15) is 30.7 Å². The summed E-state index contributed by atoms with van der Waals surface area (Å²) in [4.78, 5) is 5.47. The maximum absolute atomic E-state index is 10.6. The fraction of sp³-hybridized carbons (Fsp3) is 0.421. The maximum Gasteiger partial charge on any atom is 0.191 e. The lowest BCUT2D eigenvalue weighted by atomic mass is 10.1. The lowest BCUT2D eigenvalue weighted by Crippen LogP contribution is -2.39. The standard InChI is InChI=1S/C19H27N3OS/c1-3-20-18(21-13-7-11-16-9-5-4-6-10-16)22-15-19(2,23)17-12-8-14-24-17/h4-6,8-10,12,14,23H,3,7,11,13,15H2,1-2H3,(H2,20,21,22). The van der Waals surface area contributed by atoms with Gasteiger partial charge in [0.05, 0.1) is 6.54 Å². The zero-order chi connectivity index (χ0) is 17.3. The van der Waals surface area contributed by atoms with Gasteiger partial charge in [0.25, 0.3) is 0 Å². The summed E-state index contributed by atoms with van der Waals surface area (Å²) in [6.07, 6.45) is 2.08. The largest absolute Gasteiger partial charge is 0.383 e. The van der Waals surface area contributed by atoms with Crippen LogP contribution in [0.4, 0.5) is 0 Å². The molecule has 5 heteroatoms. The van der Waals surface area contributed by atoms with Crippen molar-refractivity contribution in [3.8, 4) is 0 Å². The zero-order valence-electron chi connectivity index (χ0n) is 14.5. The first-order valence-electron chi connectivity index (χ1n) is 8.44. The van der Waals surface area contributed by atoms with Crippen molar-refractivity contribution in [2.45, 2.75) is 32.3 Å². The number of hydrogen-bond donors (Lipinski definition) is 3. The Hall–Kier alpha value is -1.85. The highest BCUT2D eigenvalue weighted by Gasteiger charge is 2.23. The second kappa shape index (κ2) is 9.45. The molecule has 1 heterocycles. The summed E-state index contributed by atoms with van der Waals surface area (Å²) in [6.45, 7) is 5.83. The molecule has 1 aromatic carbocycles. The molecule has 24 heavy (non-hydrogen) atoms. The molecule has 0 saturated heterocycles. The number of thiophene rings is 1. The van der Waals surface area contributed by atoms with E-state index in [1.165, 1.54) is 5.56 Å². The fourth-order valence-corrected chi connectivity index (χ4v) is 3.16. The SMILES string of the molecule is CCNC(=NCC(C)(O)c1cccs1)NCCCc1ccccc1. The summed E-state index contributed by atoms with van der Waals surface area (Å²) in [6, 6.07) is 14.4. The average molecular weight is 346 g/mol. The molecule has 0 radical (unpaired) electrons. The highest BCUT2D eigenvalue weighted by molar-refractivity contribution is 7.10. The monoisotopic (exact) mass is 345 g/mol. The third-order valence-corrected chi connectivity index (χ3v) is 4.84. The van der Waals surface area contributed by atoms with E-state index in [2.05, 4.69) is 39.9 Å². The Kier molecular flexibility index (Phi) is 7.28. The lowest BCUT2D eigenvalue weighted by molar-refractivity contribution is 0.0711. The van der Waals surface area contributed by atoms with Crippen molar-refractivity contribution in [2.24, 2.45) is 4.99 Å². The van der Waals surface area contributed by atoms with Crippen LogP contribution in [0.15, 0.2) is 52.8 Å². The highest BCUT2D eigenvalue weighted by Crippen LogP contribution is 2.25. The Labute approximate surface area is 148 Å². The maximum atomic E-state index is 10.6. The molecule has 0 spiro atoms. The molecule has 0 aliphatic carbocycles. The number of guanidine groups is 1. The fourth-order valence-electron chi connectivity index (χ4n) is 2.38. The van der Waals surface area contributed by atoms with Crippen molar-refractivity contribution in [1.82, 2.24) is 10.6 Å². The summed E-state index contributed by atoms with van der Waals surface area (Å²) >= 11 is 1.55. The number of aliphatic imine (C=N–C) groups is 1. The third-order valence-electron chi connectivity index (χ3n) is 3.72. The predicted molar refractivity (Wildman–Crippen MR) is 103 cm³/mol. The van der Waals surface area contributed by atoms with Gasteiger partial charge in [-0.15, -0.1) is 11.3 Å². The number of nitrogens with zero attached hydrogens (tertiary/aromatic N) is 1. The molecule has 1 atom stereocenters. The lowest BCUT2D eigenvalue weighted by Gasteiger charge is -2.20. The summed E-state index contributed by atoms with van der Waals surface area (Å²) in [5.41, 5.74) is 0.419. The van der Waals surface area contributed by atoms with E-state index < -0.39 is 5.60 Å². The summed E-state index contributed by atoms with van der Waals surface area (Å²) in [5.74, 6) is 0.752. The minimum absolute atomic E-state index is 0.335. The van der Waals surface area contributed by atoms with Crippen molar-refractivity contribution in [1.29, 1.82) is 0 Å². The van der Waals surface area contributed by atoms with E-state index in [1.54, 1.807) is 18.3 Å². The van der Waals surface area contributed by atoms with E-state index in [0.29, 0.717) is 6.54 Å². The molecule has 0 saturated carbocycles. The molecule has 1 aromatic heterocycles. The molecule has 0 bridgehead atoms. The molecule has 1 unspecified atom stereocenters. The Morgan fingerprint density at radius 1 is 1.17 bits per heavy atom. The van der Waals surface area contributed by atoms with Crippen LogP contribution in [-0.4, -0.2) is 30.7 Å². The first kappa shape index (κ1) is 18.5. The number of rotatable bonds is 8. The summed E-state index contributed by atoms with van der Waals surface area (Å²) < 4.78 is 0. The molecule has 130 valence electrons. The van der Waals surface area contributed by atoms with Crippen LogP contribution in [0.3, 0.4) is 0 Å². The van der Waals surface area contributed by atoms with Gasteiger partial charge in [-0.2, -0.15) is 0 Å². The molecule has 0 fully saturated rings. The van der Waals surface area contributed by atoms with Gasteiger partial charge >= 0.3 is 0 Å². The summed E-state index contributed by atoms with van der Waals surface area (Å²) in [5, 5.41) is 19.1. The number of aryl methyl sites for hydroxylation is 1. The van der Waals surface area contributed by atoms with Crippen LogP contribution in [0, 0.1) is 0 Å². The first-order valence-corrected chi connectivity index (χ1v) is 9.32. The Bertz CT molecular complexity index is 609. The van der Waals surface area contributed by atoms with Crippen LogP contribution in [0.25, 0.3) is 0 Å². The van der Waals surface area contributed by atoms with Gasteiger partial charge in [0.2, 0.25) is 0 Å². The van der Waals surface area contributed by atoms with Crippen LogP contribution in [-0.2, 0) is 12.0 Å². The second-order valence-electron chi connectivity index (χ2n) is 5.96. The van der Waals surface area contributed by atoms with Gasteiger partial charge in [-0.3, -0.25) is 0 Å². The minimum atomic E-state index is -0.930. The van der Waals surface area contributed by atoms with E-state index in [9.17, 15) is 5.11 Å². The van der Waals surface area contributed by atoms with Gasteiger partial charge in [-0.25, -0.2) is 4.99 Å². The molecule has 4 nitrogen and oxygen atoms in total. The normalized spacial score (nSPS) is 14.2. The van der Waals surface area contributed by atoms with Gasteiger partial charge in [0, 0.05) is 18.0 Å². The van der Waals surface area contributed by atoms with Gasteiger partial charge < -0.3 is 15.7 Å². The van der Waals surface area contributed by atoms with Crippen molar-refractivity contribution >= 4 is 17.3 Å². The number of nitrogens with one attached hydrogen (secondary N) is 2. The molecule has 3 N–H and O–H groups in total. The zero-order valence-corrected chi connectivity index (χ0v) is 15.3. The Balaban J connectivity index is 1.82. The van der Waals surface area contributed by atoms with E-state index in [0.717, 1.165) is 36.8 Å². The molecular weight excluding hydrogens is 318 g/mol. The Morgan fingerprint density at radius 3 is 2.62 bits per heavy atom. The quantitative estimate of drug-likeness (QED) is 0.391. The predicted octanol–water partition coefficient (Wildman–Crippen LogP) is 3.14. The van der Waals surface area contributed by atoms with Gasteiger partial charge in [0.15, 0.2) is 5.96 Å². The minimum Gasteiger partial charge on any atom is -0.383 e. The van der Waals surface area contributed by atoms with Crippen molar-refractivity contribution < 1.29 is 5.11 Å². The smallest absolute Gasteiger partial charge is 0.191 e. The first-order chi connectivity index (χ1) is 11.6. The highest BCUT2D eigenvalue weighted by atomic mass is 32.1. The van der Waals surface area contributed by atoms with Gasteiger partial charge in [0.1, 0.15) is 5.60 Å². The topological polar surface area (TPSA) is 56.7 Å². The number of benzene rings is 1. The molecule has 0 aliphatic rings. The molecule has 0 amide bonds. The van der Waals surface area contributed by atoms with Crippen LogP contribution >= 0.6 is 11.3 Å². The van der Waals surface area contributed by atoms with E-state index in [-0.39, 0.29) is 0 Å². The van der Waals surface area contributed by atoms with Gasteiger partial charge in [-0.1, -0.05) is 36.4 Å². The van der Waals surface area contributed by atoms with Crippen molar-refractivity contribution in [3.05, 3.63) is 58.3 Å². The van der Waals surface area contributed by atoms with Crippen LogP contribution < -0.4 is 10.6 Å². The number of hydrogen-bond acceptors (Lipinski definition) is 3. The van der Waals surface area contributed by atoms with E-state index in [1.807, 2.05) is 30.5 Å². The molecule has 2 rings (SSSR count). The van der Waals surface area contributed by atoms with Gasteiger partial charge in [-0.05, 0) is 43.7 Å².